The first-order valence-electron chi connectivity index (χ1n) is 7.95. The van der Waals surface area contributed by atoms with Gasteiger partial charge in [0.15, 0.2) is 0 Å². The lowest BCUT2D eigenvalue weighted by Crippen LogP contribution is -2.53. The standard InChI is InChI=1S/C17H18FN3O2S/c18-13-3-1-2-12(6-13)7-21-14-8-20(10-16-19-4-5-24-16)9-15(14)23-11-17(21)22/h1-6,14-15H,7-11H2. The molecule has 3 heterocycles. The zero-order valence-electron chi connectivity index (χ0n) is 13.1. The van der Waals surface area contributed by atoms with Gasteiger partial charge in [0.1, 0.15) is 17.4 Å². The largest absolute Gasteiger partial charge is 0.365 e. The molecule has 126 valence electrons. The van der Waals surface area contributed by atoms with Crippen LogP contribution in [0.2, 0.25) is 0 Å². The Balaban J connectivity index is 1.48. The molecule has 0 aliphatic carbocycles. The van der Waals surface area contributed by atoms with E-state index in [1.54, 1.807) is 23.6 Å². The maximum absolute atomic E-state index is 13.4. The Morgan fingerprint density at radius 1 is 1.33 bits per heavy atom. The lowest BCUT2D eigenvalue weighted by atomic mass is 10.1. The quantitative estimate of drug-likeness (QED) is 0.847. The van der Waals surface area contributed by atoms with Gasteiger partial charge in [-0.1, -0.05) is 12.1 Å². The summed E-state index contributed by atoms with van der Waals surface area (Å²) >= 11 is 1.63. The van der Waals surface area contributed by atoms with Gasteiger partial charge in [-0.3, -0.25) is 9.69 Å². The van der Waals surface area contributed by atoms with Crippen LogP contribution in [-0.2, 0) is 22.6 Å². The molecule has 7 heteroatoms. The highest BCUT2D eigenvalue weighted by Gasteiger charge is 2.43. The Bertz CT molecular complexity index is 724. The van der Waals surface area contributed by atoms with E-state index in [4.69, 9.17) is 4.74 Å². The van der Waals surface area contributed by atoms with Crippen molar-refractivity contribution < 1.29 is 13.9 Å². The minimum Gasteiger partial charge on any atom is -0.365 e. The number of hydrogen-bond donors (Lipinski definition) is 0. The highest BCUT2D eigenvalue weighted by atomic mass is 32.1. The number of morpholine rings is 1. The number of amides is 1. The maximum Gasteiger partial charge on any atom is 0.249 e. The van der Waals surface area contributed by atoms with Crippen molar-refractivity contribution in [3.05, 3.63) is 52.2 Å². The number of benzene rings is 1. The SMILES string of the molecule is O=C1COC2CN(Cc3nccs3)CC2N1Cc1cccc(F)c1. The average molecular weight is 347 g/mol. The van der Waals surface area contributed by atoms with Gasteiger partial charge in [-0.2, -0.15) is 0 Å². The first kappa shape index (κ1) is 15.7. The van der Waals surface area contributed by atoms with E-state index in [1.165, 1.54) is 12.1 Å². The van der Waals surface area contributed by atoms with Crippen molar-refractivity contribution in [3.63, 3.8) is 0 Å². The molecular formula is C17H18FN3O2S. The Kier molecular flexibility index (Phi) is 4.30. The molecule has 2 atom stereocenters. The van der Waals surface area contributed by atoms with Crippen LogP contribution < -0.4 is 0 Å². The predicted octanol–water partition coefficient (Wildman–Crippen LogP) is 1.89. The monoisotopic (exact) mass is 347 g/mol. The summed E-state index contributed by atoms with van der Waals surface area (Å²) < 4.78 is 19.1. The summed E-state index contributed by atoms with van der Waals surface area (Å²) in [6.07, 6.45) is 1.82. The Hall–Kier alpha value is -1.83. The van der Waals surface area contributed by atoms with Gasteiger partial charge < -0.3 is 9.64 Å². The Morgan fingerprint density at radius 2 is 2.25 bits per heavy atom. The van der Waals surface area contributed by atoms with Gasteiger partial charge in [-0.15, -0.1) is 11.3 Å². The van der Waals surface area contributed by atoms with Gasteiger partial charge in [-0.05, 0) is 17.7 Å². The number of ether oxygens (including phenoxy) is 1. The second-order valence-corrected chi connectivity index (χ2v) is 7.17. The van der Waals surface area contributed by atoms with E-state index in [2.05, 4.69) is 9.88 Å². The molecule has 0 saturated carbocycles. The van der Waals surface area contributed by atoms with Crippen molar-refractivity contribution in [2.45, 2.75) is 25.2 Å². The van der Waals surface area contributed by atoms with Crippen LogP contribution in [0.25, 0.3) is 0 Å². The molecule has 4 rings (SSSR count). The highest BCUT2D eigenvalue weighted by molar-refractivity contribution is 7.09. The van der Waals surface area contributed by atoms with Gasteiger partial charge >= 0.3 is 0 Å². The molecule has 2 aromatic rings. The second-order valence-electron chi connectivity index (χ2n) is 6.19. The van der Waals surface area contributed by atoms with Crippen molar-refractivity contribution in [1.82, 2.24) is 14.8 Å². The molecule has 2 aliphatic heterocycles. The summed E-state index contributed by atoms with van der Waals surface area (Å²) in [4.78, 5) is 20.8. The van der Waals surface area contributed by atoms with E-state index in [9.17, 15) is 9.18 Å². The number of likely N-dealkylation sites (tertiary alicyclic amines) is 1. The number of rotatable bonds is 4. The van der Waals surface area contributed by atoms with Crippen LogP contribution in [0, 0.1) is 5.82 Å². The van der Waals surface area contributed by atoms with Gasteiger partial charge in [0.2, 0.25) is 5.91 Å². The fourth-order valence-electron chi connectivity index (χ4n) is 3.43. The molecule has 2 saturated heterocycles. The molecule has 1 aromatic heterocycles. The highest BCUT2D eigenvalue weighted by Crippen LogP contribution is 2.26. The van der Waals surface area contributed by atoms with Crippen LogP contribution in [0.3, 0.4) is 0 Å². The number of carbonyl (C=O) groups excluding carboxylic acids is 1. The van der Waals surface area contributed by atoms with Crippen LogP contribution in [0.1, 0.15) is 10.6 Å². The average Bonchev–Trinajstić information content (AvgIpc) is 3.20. The van der Waals surface area contributed by atoms with Crippen molar-refractivity contribution in [2.75, 3.05) is 19.7 Å². The van der Waals surface area contributed by atoms with Gasteiger partial charge in [0.05, 0.1) is 18.7 Å². The number of hydrogen-bond acceptors (Lipinski definition) is 5. The normalized spacial score (nSPS) is 24.4. The van der Waals surface area contributed by atoms with Crippen LogP contribution in [0.15, 0.2) is 35.8 Å². The molecule has 2 fully saturated rings. The fourth-order valence-corrected chi connectivity index (χ4v) is 4.09. The van der Waals surface area contributed by atoms with Gasteiger partial charge in [0.25, 0.3) is 0 Å². The first-order valence-corrected chi connectivity index (χ1v) is 8.83. The van der Waals surface area contributed by atoms with E-state index >= 15 is 0 Å². The third-order valence-corrected chi connectivity index (χ3v) is 5.30. The summed E-state index contributed by atoms with van der Waals surface area (Å²) in [5.41, 5.74) is 0.808. The lowest BCUT2D eigenvalue weighted by molar-refractivity contribution is -0.153. The summed E-state index contributed by atoms with van der Waals surface area (Å²) in [6.45, 7) is 2.84. The molecule has 2 unspecified atom stereocenters. The molecular weight excluding hydrogens is 329 g/mol. The molecule has 1 amide bonds. The van der Waals surface area contributed by atoms with Crippen LogP contribution in [0.5, 0.6) is 0 Å². The van der Waals surface area contributed by atoms with Crippen molar-refractivity contribution >= 4 is 17.2 Å². The van der Waals surface area contributed by atoms with E-state index < -0.39 is 0 Å². The summed E-state index contributed by atoms with van der Waals surface area (Å²) in [5, 5.41) is 3.03. The minimum atomic E-state index is -0.276. The molecule has 0 bridgehead atoms. The molecule has 0 N–H and O–H groups in total. The van der Waals surface area contributed by atoms with E-state index in [0.29, 0.717) is 6.54 Å². The molecule has 5 nitrogen and oxygen atoms in total. The molecule has 0 radical (unpaired) electrons. The van der Waals surface area contributed by atoms with Crippen LogP contribution in [0.4, 0.5) is 4.39 Å². The molecule has 24 heavy (non-hydrogen) atoms. The first-order chi connectivity index (χ1) is 11.7. The number of carbonyl (C=O) groups is 1. The third-order valence-electron chi connectivity index (χ3n) is 4.54. The Labute approximate surface area is 143 Å². The lowest BCUT2D eigenvalue weighted by Gasteiger charge is -2.36. The van der Waals surface area contributed by atoms with Gasteiger partial charge in [0, 0.05) is 31.2 Å². The molecule has 2 aliphatic rings. The van der Waals surface area contributed by atoms with Gasteiger partial charge in [-0.25, -0.2) is 9.37 Å². The Morgan fingerprint density at radius 3 is 3.04 bits per heavy atom. The molecule has 1 aromatic carbocycles. The van der Waals surface area contributed by atoms with Crippen molar-refractivity contribution in [2.24, 2.45) is 0 Å². The predicted molar refractivity (Wildman–Crippen MR) is 87.9 cm³/mol. The summed E-state index contributed by atoms with van der Waals surface area (Å²) in [6, 6.07) is 6.44. The van der Waals surface area contributed by atoms with E-state index in [0.717, 1.165) is 30.2 Å². The summed E-state index contributed by atoms with van der Waals surface area (Å²) in [5.74, 6) is -0.307. The van der Waals surface area contributed by atoms with Crippen molar-refractivity contribution in [1.29, 1.82) is 0 Å². The molecule has 0 spiro atoms. The third kappa shape index (κ3) is 3.19. The summed E-state index contributed by atoms with van der Waals surface area (Å²) in [7, 11) is 0. The zero-order chi connectivity index (χ0) is 16.5. The maximum atomic E-state index is 13.4. The number of aromatic nitrogens is 1. The van der Waals surface area contributed by atoms with E-state index in [1.807, 2.05) is 16.3 Å². The minimum absolute atomic E-state index is 0.00878. The number of nitrogens with zero attached hydrogens (tertiary/aromatic N) is 3. The smallest absolute Gasteiger partial charge is 0.249 e. The van der Waals surface area contributed by atoms with Crippen LogP contribution in [-0.4, -0.2) is 52.5 Å². The fraction of sp³-hybridized carbons (Fsp3) is 0.412. The zero-order valence-corrected chi connectivity index (χ0v) is 13.9. The van der Waals surface area contributed by atoms with E-state index in [-0.39, 0.29) is 30.5 Å². The number of fused-ring (bicyclic) bond motifs is 1. The number of halogens is 1. The topological polar surface area (TPSA) is 45.7 Å². The van der Waals surface area contributed by atoms with Crippen molar-refractivity contribution in [3.8, 4) is 0 Å². The second kappa shape index (κ2) is 6.58. The number of thiazole rings is 1. The van der Waals surface area contributed by atoms with Crippen LogP contribution >= 0.6 is 11.3 Å².